The van der Waals surface area contributed by atoms with Crippen LogP contribution < -0.4 is 4.90 Å². The quantitative estimate of drug-likeness (QED) is 0.355. The van der Waals surface area contributed by atoms with Crippen molar-refractivity contribution >= 4 is 29.1 Å². The van der Waals surface area contributed by atoms with Crippen LogP contribution in [0.2, 0.25) is 5.28 Å². The second-order valence-corrected chi connectivity index (χ2v) is 5.51. The topological polar surface area (TPSA) is 119 Å². The summed E-state index contributed by atoms with van der Waals surface area (Å²) in [6.45, 7) is -0.554. The van der Waals surface area contributed by atoms with Gasteiger partial charge in [-0.2, -0.15) is 4.98 Å². The molecule has 0 aliphatic heterocycles. The summed E-state index contributed by atoms with van der Waals surface area (Å²) in [5.74, 6) is -0.769. The number of halogens is 1. The molecule has 0 saturated heterocycles. The van der Waals surface area contributed by atoms with Gasteiger partial charge in [0.2, 0.25) is 11.1 Å². The van der Waals surface area contributed by atoms with E-state index in [1.165, 1.54) is 12.0 Å². The molecule has 0 amide bonds. The minimum atomic E-state index is -1.09. The van der Waals surface area contributed by atoms with Crippen LogP contribution in [0.25, 0.3) is 0 Å². The van der Waals surface area contributed by atoms with Gasteiger partial charge in [-0.1, -0.05) is 12.8 Å². The number of hydrogen-bond donors (Lipinski definition) is 1. The van der Waals surface area contributed by atoms with Crippen molar-refractivity contribution in [1.29, 1.82) is 0 Å². The smallest absolute Gasteiger partial charge is 0.330 e. The van der Waals surface area contributed by atoms with Crippen LogP contribution in [0.3, 0.4) is 0 Å². The Morgan fingerprint density at radius 1 is 1.61 bits per heavy atom. The molecule has 1 aliphatic carbocycles. The van der Waals surface area contributed by atoms with Crippen LogP contribution in [-0.4, -0.2) is 51.8 Å². The number of carbonyl (C=O) groups excluding carboxylic acids is 1. The Morgan fingerprint density at radius 3 is 2.78 bits per heavy atom. The molecule has 1 aromatic rings. The van der Waals surface area contributed by atoms with E-state index in [1.54, 1.807) is 0 Å². The molecule has 9 nitrogen and oxygen atoms in total. The summed E-state index contributed by atoms with van der Waals surface area (Å²) in [5.41, 5.74) is -0.372. The van der Waals surface area contributed by atoms with Crippen LogP contribution >= 0.6 is 11.6 Å². The number of hydrogen-bond acceptors (Lipinski definition) is 8. The Kier molecular flexibility index (Phi) is 5.67. The summed E-state index contributed by atoms with van der Waals surface area (Å²) < 4.78 is 4.71. The monoisotopic (exact) mass is 344 g/mol. The maximum absolute atomic E-state index is 12.0. The molecule has 1 fully saturated rings. The molecule has 0 spiro atoms. The van der Waals surface area contributed by atoms with E-state index >= 15 is 0 Å². The molecule has 1 heterocycles. The number of nitrogens with zero attached hydrogens (tertiary/aromatic N) is 4. The first-order valence-electron chi connectivity index (χ1n) is 7.13. The number of ether oxygens (including phenoxy) is 1. The lowest BCUT2D eigenvalue weighted by Crippen LogP contribution is -2.50. The summed E-state index contributed by atoms with van der Waals surface area (Å²) in [7, 11) is 1.19. The van der Waals surface area contributed by atoms with Crippen molar-refractivity contribution in [2.24, 2.45) is 0 Å². The van der Waals surface area contributed by atoms with E-state index in [9.17, 15) is 20.0 Å². The van der Waals surface area contributed by atoms with E-state index in [0.717, 1.165) is 31.9 Å². The van der Waals surface area contributed by atoms with Gasteiger partial charge in [-0.25, -0.2) is 9.78 Å². The van der Waals surface area contributed by atoms with Gasteiger partial charge >= 0.3 is 11.7 Å². The van der Waals surface area contributed by atoms with Gasteiger partial charge in [-0.15, -0.1) is 0 Å². The molecule has 0 unspecified atom stereocenters. The first-order valence-corrected chi connectivity index (χ1v) is 7.51. The minimum absolute atomic E-state index is 0.0775. The maximum atomic E-state index is 12.0. The number of aliphatic hydroxyl groups excluding tert-OH is 1. The van der Waals surface area contributed by atoms with Crippen LogP contribution in [0.4, 0.5) is 11.5 Å². The predicted octanol–water partition coefficient (Wildman–Crippen LogP) is 1.32. The lowest BCUT2D eigenvalue weighted by atomic mass is 10.1. The SMILES string of the molecule is COC(=O)[C@@H](CO)N(c1nc(Cl)ncc1[N+](=O)[O-])C1CCCC1. The van der Waals surface area contributed by atoms with Gasteiger partial charge in [0.25, 0.3) is 0 Å². The molecule has 0 radical (unpaired) electrons. The van der Waals surface area contributed by atoms with Crippen LogP contribution in [0.1, 0.15) is 25.7 Å². The highest BCUT2D eigenvalue weighted by Gasteiger charge is 2.38. The molecule has 10 heteroatoms. The van der Waals surface area contributed by atoms with Crippen molar-refractivity contribution in [2.75, 3.05) is 18.6 Å². The van der Waals surface area contributed by atoms with E-state index in [4.69, 9.17) is 16.3 Å². The standard InChI is InChI=1S/C13H17ClN4O5/c1-23-12(20)10(7-19)17(8-4-2-3-5-8)11-9(18(21)22)6-15-13(14)16-11/h6,8,10,19H,2-5,7H2,1H3/t10-/m1/s1. The van der Waals surface area contributed by atoms with Gasteiger partial charge < -0.3 is 14.7 Å². The van der Waals surface area contributed by atoms with Gasteiger partial charge in [0.1, 0.15) is 6.20 Å². The van der Waals surface area contributed by atoms with Crippen LogP contribution in [0.15, 0.2) is 6.20 Å². The van der Waals surface area contributed by atoms with E-state index in [0.29, 0.717) is 0 Å². The average Bonchev–Trinajstić information content (AvgIpc) is 3.05. The van der Waals surface area contributed by atoms with Crippen LogP contribution in [-0.2, 0) is 9.53 Å². The van der Waals surface area contributed by atoms with Crippen molar-refractivity contribution in [3.8, 4) is 0 Å². The highest BCUT2D eigenvalue weighted by atomic mass is 35.5. The fourth-order valence-electron chi connectivity index (χ4n) is 2.83. The van der Waals surface area contributed by atoms with Crippen molar-refractivity contribution < 1.29 is 19.6 Å². The lowest BCUT2D eigenvalue weighted by Gasteiger charge is -2.34. The maximum Gasteiger partial charge on any atom is 0.330 e. The average molecular weight is 345 g/mol. The zero-order chi connectivity index (χ0) is 17.0. The molecular formula is C13H17ClN4O5. The van der Waals surface area contributed by atoms with Crippen LogP contribution in [0.5, 0.6) is 0 Å². The molecule has 0 aromatic carbocycles. The Morgan fingerprint density at radius 2 is 2.26 bits per heavy atom. The van der Waals surface area contributed by atoms with E-state index < -0.39 is 23.5 Å². The third-order valence-corrected chi connectivity index (χ3v) is 4.04. The zero-order valence-corrected chi connectivity index (χ0v) is 13.3. The fourth-order valence-corrected chi connectivity index (χ4v) is 2.96. The Bertz CT molecular complexity index is 594. The number of carbonyl (C=O) groups is 1. The summed E-state index contributed by atoms with van der Waals surface area (Å²) in [5, 5.41) is 20.7. The number of aliphatic hydroxyl groups is 1. The van der Waals surface area contributed by atoms with E-state index in [1.807, 2.05) is 0 Å². The molecule has 1 saturated carbocycles. The highest BCUT2D eigenvalue weighted by Crippen LogP contribution is 2.34. The first-order chi connectivity index (χ1) is 11.0. The zero-order valence-electron chi connectivity index (χ0n) is 12.5. The molecule has 2 rings (SSSR count). The fraction of sp³-hybridized carbons (Fsp3) is 0.615. The number of aromatic nitrogens is 2. The summed E-state index contributed by atoms with van der Waals surface area (Å²) in [6, 6.07) is -1.26. The lowest BCUT2D eigenvalue weighted by molar-refractivity contribution is -0.384. The Hall–Kier alpha value is -2.00. The molecule has 1 aliphatic rings. The Labute approximate surface area is 137 Å². The second-order valence-electron chi connectivity index (χ2n) is 5.17. The first kappa shape index (κ1) is 17.4. The van der Waals surface area contributed by atoms with E-state index in [-0.39, 0.29) is 22.8 Å². The number of nitro groups is 1. The molecule has 0 bridgehead atoms. The van der Waals surface area contributed by atoms with Crippen LogP contribution in [0, 0.1) is 10.1 Å². The Balaban J connectivity index is 2.55. The summed E-state index contributed by atoms with van der Waals surface area (Å²) >= 11 is 5.78. The molecule has 1 N–H and O–H groups in total. The van der Waals surface area contributed by atoms with Gasteiger partial charge in [-0.3, -0.25) is 10.1 Å². The molecular weight excluding hydrogens is 328 g/mol. The third kappa shape index (κ3) is 3.67. The van der Waals surface area contributed by atoms with Crippen molar-refractivity contribution in [1.82, 2.24) is 9.97 Å². The van der Waals surface area contributed by atoms with Crippen molar-refractivity contribution in [3.63, 3.8) is 0 Å². The largest absolute Gasteiger partial charge is 0.467 e. The van der Waals surface area contributed by atoms with Crippen molar-refractivity contribution in [2.45, 2.75) is 37.8 Å². The molecule has 23 heavy (non-hydrogen) atoms. The number of anilines is 1. The molecule has 126 valence electrons. The molecule has 1 atom stereocenters. The van der Waals surface area contributed by atoms with Gasteiger partial charge in [0.15, 0.2) is 6.04 Å². The number of esters is 1. The number of rotatable bonds is 6. The third-order valence-electron chi connectivity index (χ3n) is 3.86. The van der Waals surface area contributed by atoms with Gasteiger partial charge in [0.05, 0.1) is 18.6 Å². The minimum Gasteiger partial charge on any atom is -0.467 e. The normalized spacial score (nSPS) is 16.1. The predicted molar refractivity (Wildman–Crippen MR) is 81.3 cm³/mol. The number of methoxy groups -OCH3 is 1. The van der Waals surface area contributed by atoms with Gasteiger partial charge in [-0.05, 0) is 24.4 Å². The summed E-state index contributed by atoms with van der Waals surface area (Å²) in [6.07, 6.45) is 4.30. The summed E-state index contributed by atoms with van der Waals surface area (Å²) in [4.78, 5) is 31.7. The van der Waals surface area contributed by atoms with Crippen molar-refractivity contribution in [3.05, 3.63) is 21.6 Å². The molecule has 1 aromatic heterocycles. The highest BCUT2D eigenvalue weighted by molar-refractivity contribution is 6.28. The van der Waals surface area contributed by atoms with Gasteiger partial charge in [0, 0.05) is 6.04 Å². The second kappa shape index (κ2) is 7.51. The van der Waals surface area contributed by atoms with E-state index in [2.05, 4.69) is 9.97 Å².